The highest BCUT2D eigenvalue weighted by atomic mass is 16.5. The van der Waals surface area contributed by atoms with Gasteiger partial charge in [-0.25, -0.2) is 0 Å². The Morgan fingerprint density at radius 2 is 2.60 bits per heavy atom. The molecular weight excluding hydrogens is 134 g/mol. The molecule has 0 aromatic rings. The van der Waals surface area contributed by atoms with Crippen molar-refractivity contribution in [2.45, 2.75) is 6.04 Å². The third kappa shape index (κ3) is 2.06. The SMILES string of the molecule is O=C1CN[C@H](CO)COC1. The predicted octanol–water partition coefficient (Wildman–Crippen LogP) is -1.46. The first-order chi connectivity index (χ1) is 4.83. The van der Waals surface area contributed by atoms with Crippen molar-refractivity contribution >= 4 is 5.78 Å². The Morgan fingerprint density at radius 1 is 1.80 bits per heavy atom. The second kappa shape index (κ2) is 3.65. The van der Waals surface area contributed by atoms with Gasteiger partial charge < -0.3 is 15.2 Å². The Hall–Kier alpha value is -0.450. The average molecular weight is 145 g/mol. The van der Waals surface area contributed by atoms with E-state index in [1.54, 1.807) is 0 Å². The first-order valence-corrected chi connectivity index (χ1v) is 3.26. The summed E-state index contributed by atoms with van der Waals surface area (Å²) >= 11 is 0. The van der Waals surface area contributed by atoms with Gasteiger partial charge >= 0.3 is 0 Å². The van der Waals surface area contributed by atoms with Crippen molar-refractivity contribution in [3.05, 3.63) is 0 Å². The van der Waals surface area contributed by atoms with Crippen molar-refractivity contribution < 1.29 is 14.6 Å². The van der Waals surface area contributed by atoms with Crippen LogP contribution in [-0.2, 0) is 9.53 Å². The number of carbonyl (C=O) groups excluding carboxylic acids is 1. The molecule has 4 nitrogen and oxygen atoms in total. The number of nitrogens with one attached hydrogen (secondary N) is 1. The number of Topliss-reactive ketones (excluding diaryl/α,β-unsaturated/α-hetero) is 1. The molecule has 0 unspecified atom stereocenters. The van der Waals surface area contributed by atoms with Gasteiger partial charge in [0.05, 0.1) is 25.8 Å². The number of aliphatic hydroxyl groups is 1. The van der Waals surface area contributed by atoms with E-state index in [0.29, 0.717) is 13.2 Å². The lowest BCUT2D eigenvalue weighted by molar-refractivity contribution is -0.121. The zero-order valence-electron chi connectivity index (χ0n) is 5.67. The topological polar surface area (TPSA) is 58.6 Å². The lowest BCUT2D eigenvalue weighted by Crippen LogP contribution is -2.36. The van der Waals surface area contributed by atoms with Crippen LogP contribution in [0.5, 0.6) is 0 Å². The smallest absolute Gasteiger partial charge is 0.172 e. The van der Waals surface area contributed by atoms with Crippen LogP contribution in [0, 0.1) is 0 Å². The number of carbonyl (C=O) groups is 1. The highest BCUT2D eigenvalue weighted by Crippen LogP contribution is 1.90. The molecule has 1 saturated heterocycles. The van der Waals surface area contributed by atoms with Crippen LogP contribution in [0.2, 0.25) is 0 Å². The Balaban J connectivity index is 2.33. The van der Waals surface area contributed by atoms with Gasteiger partial charge in [-0.1, -0.05) is 0 Å². The summed E-state index contributed by atoms with van der Waals surface area (Å²) in [4.78, 5) is 10.7. The molecule has 0 amide bonds. The molecule has 58 valence electrons. The molecule has 0 radical (unpaired) electrons. The Morgan fingerprint density at radius 3 is 3.30 bits per heavy atom. The van der Waals surface area contributed by atoms with Crippen LogP contribution >= 0.6 is 0 Å². The molecule has 2 N–H and O–H groups in total. The van der Waals surface area contributed by atoms with Crippen LogP contribution in [0.15, 0.2) is 0 Å². The molecule has 1 atom stereocenters. The molecule has 1 aliphatic rings. The lowest BCUT2D eigenvalue weighted by atomic mass is 10.3. The predicted molar refractivity (Wildman–Crippen MR) is 34.7 cm³/mol. The van der Waals surface area contributed by atoms with E-state index in [0.717, 1.165) is 0 Å². The van der Waals surface area contributed by atoms with Crippen LogP contribution in [0.4, 0.5) is 0 Å². The fourth-order valence-electron chi connectivity index (χ4n) is 0.800. The summed E-state index contributed by atoms with van der Waals surface area (Å²) in [5, 5.41) is 11.5. The largest absolute Gasteiger partial charge is 0.395 e. The molecule has 0 bridgehead atoms. The second-order valence-electron chi connectivity index (χ2n) is 2.31. The first-order valence-electron chi connectivity index (χ1n) is 3.26. The van der Waals surface area contributed by atoms with E-state index in [1.165, 1.54) is 0 Å². The minimum Gasteiger partial charge on any atom is -0.395 e. The summed E-state index contributed by atoms with van der Waals surface area (Å²) < 4.78 is 4.94. The van der Waals surface area contributed by atoms with Crippen molar-refractivity contribution in [1.82, 2.24) is 5.32 Å². The van der Waals surface area contributed by atoms with Gasteiger partial charge in [0.25, 0.3) is 0 Å². The molecule has 0 saturated carbocycles. The van der Waals surface area contributed by atoms with E-state index in [4.69, 9.17) is 9.84 Å². The Kier molecular flexibility index (Phi) is 2.80. The molecule has 0 aromatic heterocycles. The zero-order chi connectivity index (χ0) is 7.40. The molecular formula is C6H11NO3. The van der Waals surface area contributed by atoms with E-state index in [9.17, 15) is 4.79 Å². The average Bonchev–Trinajstić information content (AvgIpc) is 2.14. The maximum atomic E-state index is 10.7. The molecule has 1 heterocycles. The van der Waals surface area contributed by atoms with Crippen LogP contribution in [-0.4, -0.2) is 43.3 Å². The summed E-state index contributed by atoms with van der Waals surface area (Å²) in [7, 11) is 0. The van der Waals surface area contributed by atoms with E-state index in [2.05, 4.69) is 5.32 Å². The van der Waals surface area contributed by atoms with Crippen molar-refractivity contribution in [3.8, 4) is 0 Å². The van der Waals surface area contributed by atoms with Crippen molar-refractivity contribution in [2.24, 2.45) is 0 Å². The standard InChI is InChI=1S/C6H11NO3/c8-2-5-3-10-4-6(9)1-7-5/h5,7-8H,1-4H2/t5-/m1/s1. The van der Waals surface area contributed by atoms with Crippen LogP contribution < -0.4 is 5.32 Å². The molecule has 0 spiro atoms. The molecule has 0 aliphatic carbocycles. The zero-order valence-corrected chi connectivity index (χ0v) is 5.67. The third-order valence-corrected chi connectivity index (χ3v) is 1.39. The van der Waals surface area contributed by atoms with Gasteiger partial charge in [0.15, 0.2) is 5.78 Å². The summed E-state index contributed by atoms with van der Waals surface area (Å²) in [6.07, 6.45) is 0. The monoisotopic (exact) mass is 145 g/mol. The number of rotatable bonds is 1. The number of aliphatic hydroxyl groups excluding tert-OH is 1. The van der Waals surface area contributed by atoms with Crippen LogP contribution in [0.25, 0.3) is 0 Å². The maximum absolute atomic E-state index is 10.7. The number of ketones is 1. The minimum absolute atomic E-state index is 0.0211. The Labute approximate surface area is 59.2 Å². The number of hydrogen-bond acceptors (Lipinski definition) is 4. The van der Waals surface area contributed by atoms with Gasteiger partial charge in [-0.05, 0) is 0 Å². The molecule has 0 aromatic carbocycles. The van der Waals surface area contributed by atoms with Gasteiger partial charge in [-0.2, -0.15) is 0 Å². The van der Waals surface area contributed by atoms with E-state index < -0.39 is 0 Å². The van der Waals surface area contributed by atoms with E-state index in [-0.39, 0.29) is 25.0 Å². The highest BCUT2D eigenvalue weighted by molar-refractivity contribution is 5.81. The molecule has 1 fully saturated rings. The maximum Gasteiger partial charge on any atom is 0.172 e. The van der Waals surface area contributed by atoms with Gasteiger partial charge in [0.2, 0.25) is 0 Å². The quantitative estimate of drug-likeness (QED) is 0.473. The fourth-order valence-corrected chi connectivity index (χ4v) is 0.800. The summed E-state index contributed by atoms with van der Waals surface area (Å²) in [6, 6.07) is -0.0774. The fraction of sp³-hybridized carbons (Fsp3) is 0.833. The molecule has 10 heavy (non-hydrogen) atoms. The normalized spacial score (nSPS) is 28.1. The molecule has 4 heteroatoms. The third-order valence-electron chi connectivity index (χ3n) is 1.39. The molecule has 1 aliphatic heterocycles. The van der Waals surface area contributed by atoms with Crippen molar-refractivity contribution in [2.75, 3.05) is 26.4 Å². The van der Waals surface area contributed by atoms with Crippen molar-refractivity contribution in [3.63, 3.8) is 0 Å². The van der Waals surface area contributed by atoms with Gasteiger partial charge in [0, 0.05) is 0 Å². The van der Waals surface area contributed by atoms with Gasteiger partial charge in [0.1, 0.15) is 6.61 Å². The Bertz CT molecular complexity index is 126. The van der Waals surface area contributed by atoms with Gasteiger partial charge in [-0.3, -0.25) is 4.79 Å². The second-order valence-corrected chi connectivity index (χ2v) is 2.31. The van der Waals surface area contributed by atoms with Crippen LogP contribution in [0.1, 0.15) is 0 Å². The minimum atomic E-state index is -0.0774. The summed E-state index contributed by atoms with van der Waals surface area (Å²) in [5.41, 5.74) is 0. The lowest BCUT2D eigenvalue weighted by Gasteiger charge is -2.09. The van der Waals surface area contributed by atoms with Crippen LogP contribution in [0.3, 0.4) is 0 Å². The summed E-state index contributed by atoms with van der Waals surface area (Å²) in [5.74, 6) is 0.0379. The first kappa shape index (κ1) is 7.65. The van der Waals surface area contributed by atoms with E-state index in [1.807, 2.05) is 0 Å². The van der Waals surface area contributed by atoms with Gasteiger partial charge in [-0.15, -0.1) is 0 Å². The van der Waals surface area contributed by atoms with Crippen molar-refractivity contribution in [1.29, 1.82) is 0 Å². The van der Waals surface area contributed by atoms with E-state index >= 15 is 0 Å². The highest BCUT2D eigenvalue weighted by Gasteiger charge is 2.14. The number of hydrogen-bond donors (Lipinski definition) is 2. The molecule has 1 rings (SSSR count). The summed E-state index contributed by atoms with van der Waals surface area (Å²) in [6.45, 7) is 0.921. The number of ether oxygens (including phenoxy) is 1.